The molecule has 0 bridgehead atoms. The van der Waals surface area contributed by atoms with Gasteiger partial charge in [-0.05, 0) is 43.7 Å². The van der Waals surface area contributed by atoms with E-state index in [1.54, 1.807) is 9.58 Å². The summed E-state index contributed by atoms with van der Waals surface area (Å²) in [5.74, 6) is -1.26. The lowest BCUT2D eigenvalue weighted by Crippen LogP contribution is -2.42. The molecule has 0 unspecified atom stereocenters. The van der Waals surface area contributed by atoms with Crippen LogP contribution < -0.4 is 5.32 Å². The van der Waals surface area contributed by atoms with Crippen LogP contribution in [0.15, 0.2) is 30.3 Å². The summed E-state index contributed by atoms with van der Waals surface area (Å²) >= 11 is 6.60. The van der Waals surface area contributed by atoms with Crippen molar-refractivity contribution in [3.8, 4) is 0 Å². The van der Waals surface area contributed by atoms with E-state index in [1.165, 1.54) is 11.3 Å². The van der Waals surface area contributed by atoms with E-state index in [1.807, 2.05) is 30.3 Å². The molecule has 1 N–H and O–H groups in total. The molecular formula is C15H17F3N4S2. The Morgan fingerprint density at radius 2 is 2.04 bits per heavy atom. The maximum absolute atomic E-state index is 12.9. The molecule has 0 saturated carbocycles. The average molecular weight is 374 g/mol. The number of nitrogens with zero attached hydrogens (tertiary/aromatic N) is 3. The third kappa shape index (κ3) is 4.34. The van der Waals surface area contributed by atoms with Gasteiger partial charge >= 0.3 is 6.18 Å². The molecule has 0 spiro atoms. The molecule has 130 valence electrons. The molecule has 3 rings (SSSR count). The number of piperidine rings is 1. The van der Waals surface area contributed by atoms with Crippen LogP contribution in [0.5, 0.6) is 0 Å². The summed E-state index contributed by atoms with van der Waals surface area (Å²) < 4.78 is 40.8. The predicted molar refractivity (Wildman–Crippen MR) is 91.0 cm³/mol. The van der Waals surface area contributed by atoms with Gasteiger partial charge in [0.15, 0.2) is 3.95 Å². The van der Waals surface area contributed by atoms with Crippen molar-refractivity contribution in [2.45, 2.75) is 25.7 Å². The van der Waals surface area contributed by atoms with E-state index in [0.29, 0.717) is 28.7 Å². The summed E-state index contributed by atoms with van der Waals surface area (Å²) in [5.41, 5.74) is 0.892. The first-order valence-corrected chi connectivity index (χ1v) is 8.83. The molecule has 1 aliphatic rings. The first kappa shape index (κ1) is 17.4. The van der Waals surface area contributed by atoms with E-state index in [0.717, 1.165) is 5.69 Å². The van der Waals surface area contributed by atoms with Crippen LogP contribution >= 0.6 is 23.6 Å². The van der Waals surface area contributed by atoms with Crippen LogP contribution in [-0.2, 0) is 6.67 Å². The first-order valence-electron chi connectivity index (χ1n) is 7.61. The molecule has 1 atom stereocenters. The van der Waals surface area contributed by atoms with Gasteiger partial charge < -0.3 is 5.32 Å². The average Bonchev–Trinajstić information content (AvgIpc) is 2.87. The Morgan fingerprint density at radius 3 is 2.75 bits per heavy atom. The summed E-state index contributed by atoms with van der Waals surface area (Å²) in [4.78, 5) is 1.77. The minimum absolute atomic E-state index is 0.00421. The number of hydrogen-bond donors (Lipinski definition) is 1. The monoisotopic (exact) mass is 374 g/mol. The van der Waals surface area contributed by atoms with Crippen LogP contribution in [0, 0.1) is 9.87 Å². The first-order chi connectivity index (χ1) is 11.4. The van der Waals surface area contributed by atoms with Gasteiger partial charge in [-0.3, -0.25) is 4.90 Å². The summed E-state index contributed by atoms with van der Waals surface area (Å²) in [7, 11) is 0. The standard InChI is InChI=1S/C15H17F3N4S2/c16-15(17,18)11-5-4-8-21(9-11)10-22-14(23)24-13(20-22)19-12-6-2-1-3-7-12/h1-3,6-7,11H,4-5,8-10H2,(H,19,20)/t11-/m0/s1. The number of anilines is 2. The number of likely N-dealkylation sites (tertiary alicyclic amines) is 1. The number of aromatic nitrogens is 2. The molecule has 0 aliphatic carbocycles. The molecule has 4 nitrogen and oxygen atoms in total. The Kier molecular flexibility index (Phi) is 5.21. The lowest BCUT2D eigenvalue weighted by atomic mass is 9.98. The summed E-state index contributed by atoms with van der Waals surface area (Å²) in [6.45, 7) is 0.927. The molecule has 0 radical (unpaired) electrons. The summed E-state index contributed by atoms with van der Waals surface area (Å²) in [5, 5.41) is 8.17. The van der Waals surface area contributed by atoms with Crippen molar-refractivity contribution in [1.29, 1.82) is 0 Å². The van der Waals surface area contributed by atoms with Gasteiger partial charge in [-0.2, -0.15) is 13.2 Å². The number of nitrogens with one attached hydrogen (secondary N) is 1. The van der Waals surface area contributed by atoms with Crippen molar-refractivity contribution in [2.24, 2.45) is 5.92 Å². The third-order valence-corrected chi connectivity index (χ3v) is 5.16. The Morgan fingerprint density at radius 1 is 1.29 bits per heavy atom. The number of benzene rings is 1. The van der Waals surface area contributed by atoms with E-state index in [-0.39, 0.29) is 13.0 Å². The molecule has 1 aliphatic heterocycles. The number of alkyl halides is 3. The molecule has 1 fully saturated rings. The number of halogens is 3. The zero-order valence-corrected chi connectivity index (χ0v) is 14.4. The minimum atomic E-state index is -4.14. The van der Waals surface area contributed by atoms with Crippen LogP contribution in [0.2, 0.25) is 0 Å². The van der Waals surface area contributed by atoms with Crippen molar-refractivity contribution >= 4 is 34.4 Å². The number of rotatable bonds is 4. The van der Waals surface area contributed by atoms with Gasteiger partial charge in [-0.1, -0.05) is 29.5 Å². The van der Waals surface area contributed by atoms with Crippen molar-refractivity contribution in [3.05, 3.63) is 34.3 Å². The molecule has 0 amide bonds. The zero-order chi connectivity index (χ0) is 17.2. The highest BCUT2D eigenvalue weighted by molar-refractivity contribution is 7.73. The fourth-order valence-corrected chi connectivity index (χ4v) is 3.74. The largest absolute Gasteiger partial charge is 0.393 e. The number of para-hydroxylation sites is 1. The molecule has 24 heavy (non-hydrogen) atoms. The van der Waals surface area contributed by atoms with Crippen molar-refractivity contribution in [1.82, 2.24) is 14.7 Å². The van der Waals surface area contributed by atoms with Crippen LogP contribution in [0.3, 0.4) is 0 Å². The van der Waals surface area contributed by atoms with Crippen molar-refractivity contribution in [2.75, 3.05) is 18.4 Å². The molecule has 2 heterocycles. The van der Waals surface area contributed by atoms with Gasteiger partial charge in [0, 0.05) is 12.2 Å². The van der Waals surface area contributed by atoms with Crippen LogP contribution in [0.4, 0.5) is 24.0 Å². The maximum atomic E-state index is 12.9. The second-order valence-electron chi connectivity index (χ2n) is 5.76. The van der Waals surface area contributed by atoms with Gasteiger partial charge in [0.25, 0.3) is 0 Å². The SMILES string of the molecule is FC(F)(F)[C@H]1CCCN(Cn2nc(Nc3ccccc3)sc2=S)C1. The Balaban J connectivity index is 1.66. The zero-order valence-electron chi connectivity index (χ0n) is 12.8. The normalized spacial score (nSPS) is 19.4. The molecule has 1 aromatic carbocycles. The highest BCUT2D eigenvalue weighted by Crippen LogP contribution is 2.33. The Labute approximate surface area is 146 Å². The highest BCUT2D eigenvalue weighted by atomic mass is 32.1. The van der Waals surface area contributed by atoms with Gasteiger partial charge in [-0.15, -0.1) is 5.10 Å². The van der Waals surface area contributed by atoms with E-state index in [4.69, 9.17) is 12.2 Å². The molecule has 9 heteroatoms. The number of hydrogen-bond acceptors (Lipinski definition) is 5. The molecular weight excluding hydrogens is 357 g/mol. The topological polar surface area (TPSA) is 33.1 Å². The molecule has 2 aromatic rings. The van der Waals surface area contributed by atoms with E-state index in [2.05, 4.69) is 10.4 Å². The lowest BCUT2D eigenvalue weighted by Gasteiger charge is -2.33. The summed E-state index contributed by atoms with van der Waals surface area (Å²) in [6, 6.07) is 9.55. The fourth-order valence-electron chi connectivity index (χ4n) is 2.73. The third-order valence-electron chi connectivity index (χ3n) is 3.93. The summed E-state index contributed by atoms with van der Waals surface area (Å²) in [6.07, 6.45) is -3.40. The second kappa shape index (κ2) is 7.20. The van der Waals surface area contributed by atoms with E-state index >= 15 is 0 Å². The Bertz CT molecular complexity index is 726. The van der Waals surface area contributed by atoms with Gasteiger partial charge in [0.05, 0.1) is 12.6 Å². The van der Waals surface area contributed by atoms with Gasteiger partial charge in [0.1, 0.15) is 0 Å². The maximum Gasteiger partial charge on any atom is 0.393 e. The van der Waals surface area contributed by atoms with E-state index < -0.39 is 12.1 Å². The van der Waals surface area contributed by atoms with Crippen LogP contribution in [0.25, 0.3) is 0 Å². The predicted octanol–water partition coefficient (Wildman–Crippen LogP) is 4.65. The van der Waals surface area contributed by atoms with E-state index in [9.17, 15) is 13.2 Å². The van der Waals surface area contributed by atoms with Crippen molar-refractivity contribution < 1.29 is 13.2 Å². The van der Waals surface area contributed by atoms with Crippen molar-refractivity contribution in [3.63, 3.8) is 0 Å². The highest BCUT2D eigenvalue weighted by Gasteiger charge is 2.41. The lowest BCUT2D eigenvalue weighted by molar-refractivity contribution is -0.188. The van der Waals surface area contributed by atoms with Gasteiger partial charge in [-0.25, -0.2) is 4.68 Å². The smallest absolute Gasteiger partial charge is 0.330 e. The van der Waals surface area contributed by atoms with Gasteiger partial charge in [0.2, 0.25) is 5.13 Å². The Hall–Kier alpha value is -1.45. The molecule has 1 aromatic heterocycles. The van der Waals surface area contributed by atoms with Crippen LogP contribution in [-0.4, -0.2) is 33.9 Å². The van der Waals surface area contributed by atoms with Crippen LogP contribution in [0.1, 0.15) is 12.8 Å². The fraction of sp³-hybridized carbons (Fsp3) is 0.467. The quantitative estimate of drug-likeness (QED) is 0.790. The second-order valence-corrected chi connectivity index (χ2v) is 7.39. The molecule has 1 saturated heterocycles. The minimum Gasteiger partial charge on any atom is -0.330 e.